The zero-order valence-electron chi connectivity index (χ0n) is 15.3. The molecular formula is C21H18Cl2N2O3. The van der Waals surface area contributed by atoms with Crippen LogP contribution in [-0.2, 0) is 6.54 Å². The quantitative estimate of drug-likeness (QED) is 0.651. The zero-order chi connectivity index (χ0) is 20.3. The number of aryl methyl sites for hydroxylation is 1. The van der Waals surface area contributed by atoms with E-state index in [1.54, 1.807) is 42.6 Å². The van der Waals surface area contributed by atoms with Gasteiger partial charge in [0, 0.05) is 16.2 Å². The smallest absolute Gasteiger partial charge is 0.263 e. The summed E-state index contributed by atoms with van der Waals surface area (Å²) in [4.78, 5) is 25.5. The molecule has 1 aromatic heterocycles. The second-order valence-corrected chi connectivity index (χ2v) is 7.09. The fourth-order valence-corrected chi connectivity index (χ4v) is 3.25. The van der Waals surface area contributed by atoms with Crippen molar-refractivity contribution in [2.45, 2.75) is 13.5 Å². The molecule has 3 rings (SSSR count). The Kier molecular flexibility index (Phi) is 6.07. The first-order chi connectivity index (χ1) is 13.4. The molecule has 0 spiro atoms. The summed E-state index contributed by atoms with van der Waals surface area (Å²) in [6.45, 7) is 2.13. The number of carbonyl (C=O) groups is 1. The van der Waals surface area contributed by atoms with Crippen LogP contribution in [0, 0.1) is 6.92 Å². The van der Waals surface area contributed by atoms with E-state index >= 15 is 0 Å². The highest BCUT2D eigenvalue weighted by Crippen LogP contribution is 2.25. The highest BCUT2D eigenvalue weighted by atomic mass is 35.5. The van der Waals surface area contributed by atoms with Gasteiger partial charge in [-0.2, -0.15) is 0 Å². The zero-order valence-corrected chi connectivity index (χ0v) is 16.8. The van der Waals surface area contributed by atoms with Gasteiger partial charge in [-0.3, -0.25) is 9.59 Å². The maximum atomic E-state index is 12.8. The van der Waals surface area contributed by atoms with Gasteiger partial charge in [0.1, 0.15) is 11.3 Å². The second kappa shape index (κ2) is 8.50. The van der Waals surface area contributed by atoms with Gasteiger partial charge in [0.2, 0.25) is 0 Å². The summed E-state index contributed by atoms with van der Waals surface area (Å²) in [5.41, 5.74) is 1.79. The molecule has 7 heteroatoms. The number of benzene rings is 2. The highest BCUT2D eigenvalue weighted by Gasteiger charge is 2.15. The van der Waals surface area contributed by atoms with Crippen molar-refractivity contribution < 1.29 is 9.53 Å². The Labute approximate surface area is 172 Å². The first-order valence-electron chi connectivity index (χ1n) is 8.48. The Morgan fingerprint density at radius 3 is 2.64 bits per heavy atom. The Bertz CT molecular complexity index is 1090. The average molecular weight is 417 g/mol. The van der Waals surface area contributed by atoms with Crippen molar-refractivity contribution >= 4 is 34.8 Å². The van der Waals surface area contributed by atoms with Crippen molar-refractivity contribution in [3.8, 4) is 5.75 Å². The van der Waals surface area contributed by atoms with E-state index in [2.05, 4.69) is 5.32 Å². The molecule has 144 valence electrons. The van der Waals surface area contributed by atoms with Gasteiger partial charge in [-0.05, 0) is 54.4 Å². The third-order valence-corrected chi connectivity index (χ3v) is 4.81. The molecule has 3 aromatic rings. The fraction of sp³-hybridized carbons (Fsp3) is 0.143. The van der Waals surface area contributed by atoms with Crippen LogP contribution in [0.1, 0.15) is 21.5 Å². The molecule has 0 bridgehead atoms. The number of nitrogens with one attached hydrogen (secondary N) is 1. The molecule has 0 saturated carbocycles. The molecule has 0 aliphatic carbocycles. The van der Waals surface area contributed by atoms with Crippen LogP contribution in [0.25, 0.3) is 0 Å². The Morgan fingerprint density at radius 2 is 1.93 bits per heavy atom. The van der Waals surface area contributed by atoms with Crippen molar-refractivity contribution in [1.82, 2.24) is 4.57 Å². The Balaban J connectivity index is 1.89. The van der Waals surface area contributed by atoms with Crippen molar-refractivity contribution in [2.75, 3.05) is 12.4 Å². The fourth-order valence-electron chi connectivity index (χ4n) is 2.78. The number of pyridine rings is 1. The van der Waals surface area contributed by atoms with Gasteiger partial charge in [0.25, 0.3) is 11.5 Å². The minimum atomic E-state index is -0.509. The Morgan fingerprint density at radius 1 is 1.14 bits per heavy atom. The van der Waals surface area contributed by atoms with Gasteiger partial charge >= 0.3 is 0 Å². The summed E-state index contributed by atoms with van der Waals surface area (Å²) in [6, 6.07) is 13.6. The second-order valence-electron chi connectivity index (χ2n) is 6.25. The third-order valence-electron chi connectivity index (χ3n) is 4.22. The molecular weight excluding hydrogens is 399 g/mol. The molecule has 2 aromatic carbocycles. The number of hydrogen-bond donors (Lipinski definition) is 1. The van der Waals surface area contributed by atoms with Gasteiger partial charge in [-0.25, -0.2) is 0 Å². The molecule has 0 fully saturated rings. The standard InChI is InChI=1S/C21H18Cl2N2O3/c1-13-5-8-19(28-2)18(10-13)24-20(26)16-4-3-9-25(21(16)27)12-14-6-7-15(22)11-17(14)23/h3-11H,12H2,1-2H3,(H,24,26). The van der Waals surface area contributed by atoms with Gasteiger partial charge in [0.05, 0.1) is 19.3 Å². The van der Waals surface area contributed by atoms with Gasteiger partial charge in [-0.15, -0.1) is 0 Å². The number of rotatable bonds is 5. The van der Waals surface area contributed by atoms with E-state index in [0.29, 0.717) is 21.5 Å². The summed E-state index contributed by atoms with van der Waals surface area (Å²) in [7, 11) is 1.52. The highest BCUT2D eigenvalue weighted by molar-refractivity contribution is 6.35. The topological polar surface area (TPSA) is 60.3 Å². The molecule has 0 aliphatic heterocycles. The number of hydrogen-bond acceptors (Lipinski definition) is 3. The summed E-state index contributed by atoms with van der Waals surface area (Å²) >= 11 is 12.1. The summed E-state index contributed by atoms with van der Waals surface area (Å²) < 4.78 is 6.70. The van der Waals surface area contributed by atoms with Crippen LogP contribution in [0.5, 0.6) is 5.75 Å². The number of ether oxygens (including phenoxy) is 1. The van der Waals surface area contributed by atoms with E-state index in [9.17, 15) is 9.59 Å². The van der Waals surface area contributed by atoms with E-state index in [4.69, 9.17) is 27.9 Å². The maximum absolute atomic E-state index is 12.8. The van der Waals surface area contributed by atoms with E-state index < -0.39 is 11.5 Å². The van der Waals surface area contributed by atoms with Crippen LogP contribution in [-0.4, -0.2) is 17.6 Å². The molecule has 0 radical (unpaired) electrons. The van der Waals surface area contributed by atoms with Crippen LogP contribution in [0.4, 0.5) is 5.69 Å². The van der Waals surface area contributed by atoms with Gasteiger partial charge in [-0.1, -0.05) is 35.3 Å². The summed E-state index contributed by atoms with van der Waals surface area (Å²) in [5.74, 6) is 0.00797. The van der Waals surface area contributed by atoms with Gasteiger partial charge in [0.15, 0.2) is 0 Å². The SMILES string of the molecule is COc1ccc(C)cc1NC(=O)c1cccn(Cc2ccc(Cl)cc2Cl)c1=O. The maximum Gasteiger partial charge on any atom is 0.263 e. The van der Waals surface area contributed by atoms with Gasteiger partial charge < -0.3 is 14.6 Å². The lowest BCUT2D eigenvalue weighted by atomic mass is 10.2. The molecule has 1 N–H and O–H groups in total. The molecule has 0 atom stereocenters. The molecule has 0 aliphatic rings. The third kappa shape index (κ3) is 4.38. The lowest BCUT2D eigenvalue weighted by Gasteiger charge is -2.12. The molecule has 28 heavy (non-hydrogen) atoms. The number of aromatic nitrogens is 1. The first kappa shape index (κ1) is 20.0. The molecule has 0 unspecified atom stereocenters. The monoisotopic (exact) mass is 416 g/mol. The van der Waals surface area contributed by atoms with Crippen molar-refractivity contribution in [1.29, 1.82) is 0 Å². The predicted molar refractivity (Wildman–Crippen MR) is 112 cm³/mol. The molecule has 1 heterocycles. The van der Waals surface area contributed by atoms with Crippen LogP contribution in [0.15, 0.2) is 59.5 Å². The first-order valence-corrected chi connectivity index (χ1v) is 9.24. The number of nitrogens with zero attached hydrogens (tertiary/aromatic N) is 1. The Hall–Kier alpha value is -2.76. The number of amides is 1. The molecule has 1 amide bonds. The van der Waals surface area contributed by atoms with Crippen LogP contribution in [0.3, 0.4) is 0 Å². The average Bonchev–Trinajstić information content (AvgIpc) is 2.65. The molecule has 5 nitrogen and oxygen atoms in total. The van der Waals surface area contributed by atoms with Crippen molar-refractivity contribution in [3.05, 3.63) is 91.8 Å². The number of halogens is 2. The lowest BCUT2D eigenvalue weighted by Crippen LogP contribution is -2.29. The van der Waals surface area contributed by atoms with Crippen molar-refractivity contribution in [2.24, 2.45) is 0 Å². The predicted octanol–water partition coefficient (Wildman–Crippen LogP) is 4.77. The number of carbonyl (C=O) groups excluding carboxylic acids is 1. The minimum Gasteiger partial charge on any atom is -0.495 e. The number of anilines is 1. The minimum absolute atomic E-state index is 0.0242. The summed E-state index contributed by atoms with van der Waals surface area (Å²) in [6.07, 6.45) is 1.61. The summed E-state index contributed by atoms with van der Waals surface area (Å²) in [5, 5.41) is 3.72. The van der Waals surface area contributed by atoms with E-state index in [1.165, 1.54) is 17.7 Å². The normalized spacial score (nSPS) is 10.6. The van der Waals surface area contributed by atoms with Crippen LogP contribution >= 0.6 is 23.2 Å². The van der Waals surface area contributed by atoms with E-state index in [1.807, 2.05) is 13.0 Å². The molecule has 0 saturated heterocycles. The largest absolute Gasteiger partial charge is 0.495 e. The van der Waals surface area contributed by atoms with Crippen LogP contribution < -0.4 is 15.6 Å². The van der Waals surface area contributed by atoms with Crippen LogP contribution in [0.2, 0.25) is 10.0 Å². The lowest BCUT2D eigenvalue weighted by molar-refractivity contribution is 0.102. The van der Waals surface area contributed by atoms with E-state index in [-0.39, 0.29) is 12.1 Å². The van der Waals surface area contributed by atoms with Crippen molar-refractivity contribution in [3.63, 3.8) is 0 Å². The number of methoxy groups -OCH3 is 1. The van der Waals surface area contributed by atoms with E-state index in [0.717, 1.165) is 11.1 Å².